The Morgan fingerprint density at radius 2 is 1.19 bits per heavy atom. The van der Waals surface area contributed by atoms with Crippen LogP contribution in [0.3, 0.4) is 0 Å². The monoisotopic (exact) mass is 523 g/mol. The average molecular weight is 524 g/mol. The number of benzene rings is 6. The second-order valence-corrected chi connectivity index (χ2v) is 10.0. The van der Waals surface area contributed by atoms with Crippen LogP contribution < -0.4 is 0 Å². The van der Waals surface area contributed by atoms with Crippen LogP contribution in [0.2, 0.25) is 0 Å². The van der Waals surface area contributed by atoms with Gasteiger partial charge in [-0.15, -0.1) is 0 Å². The van der Waals surface area contributed by atoms with Gasteiger partial charge in [-0.1, -0.05) is 119 Å². The fourth-order valence-electron chi connectivity index (χ4n) is 5.36. The van der Waals surface area contributed by atoms with E-state index in [0.29, 0.717) is 0 Å². The number of para-hydroxylation sites is 1. The van der Waals surface area contributed by atoms with Gasteiger partial charge in [0.1, 0.15) is 0 Å². The van der Waals surface area contributed by atoms with Crippen molar-refractivity contribution in [3.05, 3.63) is 138 Å². The summed E-state index contributed by atoms with van der Waals surface area (Å²) in [6, 6.07) is 48.0. The first-order valence-electron chi connectivity index (χ1n) is 12.1. The van der Waals surface area contributed by atoms with Crippen LogP contribution in [0, 0.1) is 0 Å². The lowest BCUT2D eigenvalue weighted by Gasteiger charge is -2.11. The summed E-state index contributed by atoms with van der Waals surface area (Å²) in [5.41, 5.74) is 8.47. The van der Waals surface area contributed by atoms with Crippen molar-refractivity contribution in [1.29, 1.82) is 0 Å². The Morgan fingerprint density at radius 3 is 2.08 bits per heavy atom. The van der Waals surface area contributed by atoms with Crippen molar-refractivity contribution < 1.29 is 0 Å². The van der Waals surface area contributed by atoms with E-state index in [1.807, 2.05) is 0 Å². The molecule has 2 heteroatoms. The summed E-state index contributed by atoms with van der Waals surface area (Å²) >= 11 is 3.72. The van der Waals surface area contributed by atoms with Crippen molar-refractivity contribution in [1.82, 2.24) is 4.57 Å². The molecule has 170 valence electrons. The average Bonchev–Trinajstić information content (AvgIpc) is 3.28. The first-order chi connectivity index (χ1) is 17.8. The van der Waals surface area contributed by atoms with Gasteiger partial charge in [-0.25, -0.2) is 0 Å². The van der Waals surface area contributed by atoms with E-state index in [2.05, 4.69) is 154 Å². The van der Waals surface area contributed by atoms with Gasteiger partial charge in [0.05, 0.1) is 11.0 Å². The van der Waals surface area contributed by atoms with Gasteiger partial charge < -0.3 is 4.57 Å². The van der Waals surface area contributed by atoms with Gasteiger partial charge in [0, 0.05) is 26.3 Å². The smallest absolute Gasteiger partial charge is 0.0619 e. The second-order valence-electron chi connectivity index (χ2n) is 9.15. The van der Waals surface area contributed by atoms with Gasteiger partial charge in [-0.2, -0.15) is 0 Å². The molecule has 1 aromatic heterocycles. The lowest BCUT2D eigenvalue weighted by Crippen LogP contribution is -1.94. The van der Waals surface area contributed by atoms with E-state index in [9.17, 15) is 0 Å². The minimum Gasteiger partial charge on any atom is -0.309 e. The van der Waals surface area contributed by atoms with Crippen LogP contribution in [-0.4, -0.2) is 4.57 Å². The third-order valence-corrected chi connectivity index (χ3v) is 7.74. The van der Waals surface area contributed by atoms with Gasteiger partial charge in [0.15, 0.2) is 0 Å². The maximum absolute atomic E-state index is 3.72. The molecule has 0 aliphatic carbocycles. The summed E-state index contributed by atoms with van der Waals surface area (Å²) in [6.45, 7) is 0. The Labute approximate surface area is 218 Å². The summed E-state index contributed by atoms with van der Waals surface area (Å²) in [5, 5.41) is 5.07. The maximum atomic E-state index is 3.72. The SMILES string of the molecule is Brc1ccccc1-c1cccc(-c2ccc3c4ccc5ccccc5c4n(-c4ccccc4)c3c2)c1. The molecule has 0 spiro atoms. The highest BCUT2D eigenvalue weighted by Crippen LogP contribution is 2.39. The zero-order valence-electron chi connectivity index (χ0n) is 19.5. The van der Waals surface area contributed by atoms with E-state index in [-0.39, 0.29) is 0 Å². The third kappa shape index (κ3) is 3.37. The molecule has 0 saturated carbocycles. The Bertz CT molecular complexity index is 1900. The molecule has 1 nitrogen and oxygen atoms in total. The van der Waals surface area contributed by atoms with E-state index in [1.54, 1.807) is 0 Å². The van der Waals surface area contributed by atoms with Gasteiger partial charge in [-0.05, 0) is 58.0 Å². The third-order valence-electron chi connectivity index (χ3n) is 7.05. The van der Waals surface area contributed by atoms with Crippen molar-refractivity contribution in [2.75, 3.05) is 0 Å². The van der Waals surface area contributed by atoms with Crippen LogP contribution in [0.1, 0.15) is 0 Å². The van der Waals surface area contributed by atoms with Crippen molar-refractivity contribution >= 4 is 48.5 Å². The molecule has 0 atom stereocenters. The largest absolute Gasteiger partial charge is 0.309 e. The van der Waals surface area contributed by atoms with Gasteiger partial charge in [-0.3, -0.25) is 0 Å². The standard InChI is InChI=1S/C34H22BrN/c35-32-16-7-6-14-28(32)26-11-8-10-24(21-26)25-18-19-30-31-20-17-23-9-4-5-15-29(23)34(31)36(33(30)22-25)27-12-2-1-3-13-27/h1-22H. The predicted molar refractivity (Wildman–Crippen MR) is 157 cm³/mol. The Hall–Kier alpha value is -4.14. The number of hydrogen-bond acceptors (Lipinski definition) is 0. The van der Waals surface area contributed by atoms with Crippen LogP contribution >= 0.6 is 15.9 Å². The summed E-state index contributed by atoms with van der Waals surface area (Å²) < 4.78 is 3.53. The minimum absolute atomic E-state index is 1.11. The molecule has 0 fully saturated rings. The fraction of sp³-hybridized carbons (Fsp3) is 0. The summed E-state index contributed by atoms with van der Waals surface area (Å²) in [4.78, 5) is 0. The molecule has 7 aromatic rings. The number of nitrogens with zero attached hydrogens (tertiary/aromatic N) is 1. The number of rotatable bonds is 3. The Morgan fingerprint density at radius 1 is 0.472 bits per heavy atom. The molecule has 0 radical (unpaired) electrons. The molecule has 36 heavy (non-hydrogen) atoms. The zero-order valence-corrected chi connectivity index (χ0v) is 21.1. The topological polar surface area (TPSA) is 4.93 Å². The van der Waals surface area contributed by atoms with Crippen molar-refractivity contribution in [3.63, 3.8) is 0 Å². The molecule has 1 heterocycles. The van der Waals surface area contributed by atoms with Gasteiger partial charge >= 0.3 is 0 Å². The molecule has 0 aliphatic heterocycles. The molecule has 0 unspecified atom stereocenters. The van der Waals surface area contributed by atoms with Crippen LogP contribution in [0.15, 0.2) is 138 Å². The van der Waals surface area contributed by atoms with Crippen LogP contribution in [-0.2, 0) is 0 Å². The van der Waals surface area contributed by atoms with Crippen molar-refractivity contribution in [2.24, 2.45) is 0 Å². The number of fused-ring (bicyclic) bond motifs is 5. The Balaban J connectivity index is 1.51. The highest BCUT2D eigenvalue weighted by atomic mass is 79.9. The molecular weight excluding hydrogens is 502 g/mol. The molecule has 6 aromatic carbocycles. The lowest BCUT2D eigenvalue weighted by molar-refractivity contribution is 1.19. The van der Waals surface area contributed by atoms with Crippen molar-refractivity contribution in [3.8, 4) is 27.9 Å². The Kier molecular flexibility index (Phi) is 5.00. The molecule has 0 saturated heterocycles. The van der Waals surface area contributed by atoms with E-state index in [4.69, 9.17) is 0 Å². The van der Waals surface area contributed by atoms with Crippen molar-refractivity contribution in [2.45, 2.75) is 0 Å². The number of hydrogen-bond donors (Lipinski definition) is 0. The maximum Gasteiger partial charge on any atom is 0.0619 e. The molecule has 0 bridgehead atoms. The number of halogens is 1. The van der Waals surface area contributed by atoms with Gasteiger partial charge in [0.25, 0.3) is 0 Å². The molecule has 0 N–H and O–H groups in total. The normalized spacial score (nSPS) is 11.5. The number of aromatic nitrogens is 1. The molecule has 0 amide bonds. The summed E-state index contributed by atoms with van der Waals surface area (Å²) in [6.07, 6.45) is 0. The van der Waals surface area contributed by atoms with Crippen LogP contribution in [0.25, 0.3) is 60.5 Å². The minimum atomic E-state index is 1.11. The highest BCUT2D eigenvalue weighted by molar-refractivity contribution is 9.10. The summed E-state index contributed by atoms with van der Waals surface area (Å²) in [5.74, 6) is 0. The van der Waals surface area contributed by atoms with Crippen LogP contribution in [0.4, 0.5) is 0 Å². The molecular formula is C34H22BrN. The van der Waals surface area contributed by atoms with E-state index in [1.165, 1.54) is 60.5 Å². The molecule has 0 aliphatic rings. The first-order valence-corrected chi connectivity index (χ1v) is 12.9. The highest BCUT2D eigenvalue weighted by Gasteiger charge is 2.16. The lowest BCUT2D eigenvalue weighted by atomic mass is 9.98. The quantitative estimate of drug-likeness (QED) is 0.217. The van der Waals surface area contributed by atoms with E-state index >= 15 is 0 Å². The van der Waals surface area contributed by atoms with E-state index < -0.39 is 0 Å². The zero-order chi connectivity index (χ0) is 24.1. The van der Waals surface area contributed by atoms with Gasteiger partial charge in [0.2, 0.25) is 0 Å². The summed E-state index contributed by atoms with van der Waals surface area (Å²) in [7, 11) is 0. The van der Waals surface area contributed by atoms with Crippen LogP contribution in [0.5, 0.6) is 0 Å². The predicted octanol–water partition coefficient (Wildman–Crippen LogP) is 10.0. The first kappa shape index (κ1) is 21.2. The molecule has 7 rings (SSSR count). The second kappa shape index (κ2) is 8.51. The fourth-order valence-corrected chi connectivity index (χ4v) is 5.88. The van der Waals surface area contributed by atoms with E-state index in [0.717, 1.165) is 4.47 Å².